The van der Waals surface area contributed by atoms with E-state index in [0.29, 0.717) is 0 Å². The Hall–Kier alpha value is -1.31. The average Bonchev–Trinajstić information content (AvgIpc) is 2.25. The van der Waals surface area contributed by atoms with Crippen LogP contribution in [-0.4, -0.2) is 29.3 Å². The van der Waals surface area contributed by atoms with E-state index in [1.807, 2.05) is 0 Å². The van der Waals surface area contributed by atoms with Crippen molar-refractivity contribution < 1.29 is 24.0 Å². The van der Waals surface area contributed by atoms with E-state index >= 15 is 0 Å². The molecule has 0 spiro atoms. The first-order valence-electron chi connectivity index (χ1n) is 5.02. The van der Waals surface area contributed by atoms with Gasteiger partial charge in [0.05, 0.1) is 5.02 Å². The number of carboxylic acids is 1. The van der Waals surface area contributed by atoms with Gasteiger partial charge in [-0.3, -0.25) is 4.79 Å². The maximum Gasteiger partial charge on any atom is 0.504 e. The molecule has 0 aliphatic carbocycles. The highest BCUT2D eigenvalue weighted by Crippen LogP contribution is 2.29. The molecule has 1 atom stereocenters. The second-order valence-electron chi connectivity index (χ2n) is 4.05. The van der Waals surface area contributed by atoms with Crippen molar-refractivity contribution >= 4 is 25.3 Å². The van der Waals surface area contributed by atoms with Crippen molar-refractivity contribution in [2.75, 3.05) is 0 Å². The third kappa shape index (κ3) is 3.35. The van der Waals surface area contributed by atoms with Gasteiger partial charge < -0.3 is 20.5 Å². The van der Waals surface area contributed by atoms with Crippen molar-refractivity contribution in [3.63, 3.8) is 0 Å². The van der Waals surface area contributed by atoms with Gasteiger partial charge in [-0.2, -0.15) is 0 Å². The van der Waals surface area contributed by atoms with Gasteiger partial charge in [0, 0.05) is 12.5 Å². The van der Waals surface area contributed by atoms with Crippen LogP contribution in [0.15, 0.2) is 12.1 Å². The van der Waals surface area contributed by atoms with Gasteiger partial charge in [0.1, 0.15) is 17.1 Å². The fourth-order valence-corrected chi connectivity index (χ4v) is 1.60. The SMILES string of the molecule is C[C@@](N)(Cc1cc(Cl)c(OBO)cc1F)C(=O)O. The lowest BCUT2D eigenvalue weighted by Crippen LogP contribution is -2.47. The van der Waals surface area contributed by atoms with Crippen molar-refractivity contribution in [2.24, 2.45) is 5.73 Å². The third-order valence-corrected chi connectivity index (χ3v) is 2.66. The summed E-state index contributed by atoms with van der Waals surface area (Å²) in [4.78, 5) is 10.9. The molecule has 0 saturated heterocycles. The number of carboxylic acid groups (broad SMARTS) is 1. The number of nitrogens with two attached hydrogens (primary N) is 1. The second-order valence-corrected chi connectivity index (χ2v) is 4.45. The summed E-state index contributed by atoms with van der Waals surface area (Å²) in [6.45, 7) is 1.28. The van der Waals surface area contributed by atoms with E-state index in [1.54, 1.807) is 0 Å². The molecule has 5 nitrogen and oxygen atoms in total. The smallest absolute Gasteiger partial charge is 0.504 e. The molecule has 0 aromatic heterocycles. The molecule has 18 heavy (non-hydrogen) atoms. The van der Waals surface area contributed by atoms with Crippen LogP contribution in [-0.2, 0) is 11.2 Å². The lowest BCUT2D eigenvalue weighted by molar-refractivity contribution is -0.142. The minimum absolute atomic E-state index is 0.0190. The van der Waals surface area contributed by atoms with E-state index in [2.05, 4.69) is 4.65 Å². The van der Waals surface area contributed by atoms with Crippen LogP contribution in [0.3, 0.4) is 0 Å². The van der Waals surface area contributed by atoms with Crippen molar-refractivity contribution in [3.8, 4) is 5.75 Å². The van der Waals surface area contributed by atoms with Crippen molar-refractivity contribution in [2.45, 2.75) is 18.9 Å². The average molecular weight is 275 g/mol. The summed E-state index contributed by atoms with van der Waals surface area (Å²) in [5.74, 6) is -1.95. The summed E-state index contributed by atoms with van der Waals surface area (Å²) in [6.07, 6.45) is -0.215. The Bertz CT molecular complexity index is 469. The van der Waals surface area contributed by atoms with Crippen molar-refractivity contribution in [1.82, 2.24) is 0 Å². The zero-order valence-electron chi connectivity index (χ0n) is 9.61. The lowest BCUT2D eigenvalue weighted by atomic mass is 9.94. The van der Waals surface area contributed by atoms with E-state index < -0.39 is 25.0 Å². The summed E-state index contributed by atoms with van der Waals surface area (Å²) in [7, 11) is -0.637. The van der Waals surface area contributed by atoms with E-state index in [-0.39, 0.29) is 22.8 Å². The van der Waals surface area contributed by atoms with Gasteiger partial charge >= 0.3 is 13.7 Å². The van der Waals surface area contributed by atoms with Crippen LogP contribution >= 0.6 is 11.6 Å². The van der Waals surface area contributed by atoms with E-state index in [0.717, 1.165) is 6.07 Å². The van der Waals surface area contributed by atoms with Crippen LogP contribution in [0, 0.1) is 5.82 Å². The Morgan fingerprint density at radius 3 is 2.78 bits per heavy atom. The van der Waals surface area contributed by atoms with Gasteiger partial charge in [-0.15, -0.1) is 0 Å². The summed E-state index contributed by atoms with van der Waals surface area (Å²) in [6, 6.07) is 2.21. The molecular formula is C10H12BClFNO4. The van der Waals surface area contributed by atoms with Gasteiger partial charge in [0.2, 0.25) is 0 Å². The summed E-state index contributed by atoms with van der Waals surface area (Å²) >= 11 is 5.80. The number of aliphatic carboxylic acids is 1. The molecule has 0 saturated carbocycles. The van der Waals surface area contributed by atoms with Crippen LogP contribution in [0.5, 0.6) is 5.75 Å². The molecule has 1 aromatic rings. The number of carbonyl (C=O) groups is 1. The van der Waals surface area contributed by atoms with Crippen molar-refractivity contribution in [1.29, 1.82) is 0 Å². The predicted octanol–water partition coefficient (Wildman–Crippen LogP) is 0.461. The largest absolute Gasteiger partial charge is 0.538 e. The highest BCUT2D eigenvalue weighted by Gasteiger charge is 2.29. The molecule has 0 heterocycles. The maximum absolute atomic E-state index is 13.7. The Morgan fingerprint density at radius 1 is 1.67 bits per heavy atom. The van der Waals surface area contributed by atoms with E-state index in [9.17, 15) is 9.18 Å². The molecule has 0 aliphatic rings. The first-order chi connectivity index (χ1) is 8.27. The third-order valence-electron chi connectivity index (χ3n) is 2.37. The van der Waals surface area contributed by atoms with E-state index in [4.69, 9.17) is 27.5 Å². The molecule has 1 rings (SSSR count). The number of hydrogen-bond donors (Lipinski definition) is 3. The first-order valence-corrected chi connectivity index (χ1v) is 5.39. The Kier molecular flexibility index (Phi) is 4.56. The van der Waals surface area contributed by atoms with Crippen LogP contribution in [0.4, 0.5) is 4.39 Å². The molecule has 98 valence electrons. The molecule has 1 aromatic carbocycles. The molecule has 0 radical (unpaired) electrons. The Labute approximate surface area is 109 Å². The van der Waals surface area contributed by atoms with Gasteiger partial charge in [-0.05, 0) is 18.6 Å². The highest BCUT2D eigenvalue weighted by molar-refractivity contribution is 6.32. The van der Waals surface area contributed by atoms with Gasteiger partial charge in [0.25, 0.3) is 0 Å². The maximum atomic E-state index is 13.7. The summed E-state index contributed by atoms with van der Waals surface area (Å²) in [5.41, 5.74) is 4.00. The Morgan fingerprint density at radius 2 is 2.28 bits per heavy atom. The Balaban J connectivity index is 3.05. The monoisotopic (exact) mass is 275 g/mol. The van der Waals surface area contributed by atoms with Crippen LogP contribution in [0.1, 0.15) is 12.5 Å². The molecular weight excluding hydrogens is 263 g/mol. The molecule has 0 bridgehead atoms. The standard InChI is InChI=1S/C10H12BClFNO4/c1-10(14,9(15)16)4-5-2-6(12)8(18-11-17)3-7(5)13/h2-3,11,17H,4,14H2,1H3,(H,15,16)/t10-/m1/s1. The zero-order valence-corrected chi connectivity index (χ0v) is 10.4. The molecule has 8 heteroatoms. The highest BCUT2D eigenvalue weighted by atomic mass is 35.5. The normalized spacial score (nSPS) is 13.8. The van der Waals surface area contributed by atoms with Gasteiger partial charge in [-0.25, -0.2) is 4.39 Å². The molecule has 0 fully saturated rings. The van der Waals surface area contributed by atoms with Crippen molar-refractivity contribution in [3.05, 3.63) is 28.5 Å². The summed E-state index contributed by atoms with van der Waals surface area (Å²) < 4.78 is 18.4. The molecule has 4 N–H and O–H groups in total. The number of rotatable bonds is 5. The lowest BCUT2D eigenvalue weighted by Gasteiger charge is -2.20. The summed E-state index contributed by atoms with van der Waals surface area (Å²) in [5, 5.41) is 17.5. The van der Waals surface area contributed by atoms with E-state index in [1.165, 1.54) is 13.0 Å². The van der Waals surface area contributed by atoms with Crippen LogP contribution < -0.4 is 10.4 Å². The van der Waals surface area contributed by atoms with Gasteiger partial charge in [0.15, 0.2) is 0 Å². The number of halogens is 2. The van der Waals surface area contributed by atoms with Crippen LogP contribution in [0.2, 0.25) is 5.02 Å². The minimum Gasteiger partial charge on any atom is -0.538 e. The van der Waals surface area contributed by atoms with Crippen LogP contribution in [0.25, 0.3) is 0 Å². The van der Waals surface area contributed by atoms with Gasteiger partial charge in [-0.1, -0.05) is 11.6 Å². The minimum atomic E-state index is -1.59. The number of hydrogen-bond acceptors (Lipinski definition) is 4. The molecule has 0 amide bonds. The topological polar surface area (TPSA) is 92.8 Å². The second kappa shape index (κ2) is 5.56. The quantitative estimate of drug-likeness (QED) is 0.679. The molecule has 0 unspecified atom stereocenters. The zero-order chi connectivity index (χ0) is 13.9. The fourth-order valence-electron chi connectivity index (χ4n) is 1.36. The predicted molar refractivity (Wildman–Crippen MR) is 65.3 cm³/mol. The molecule has 0 aliphatic heterocycles. The first kappa shape index (κ1) is 14.8. The fraction of sp³-hybridized carbons (Fsp3) is 0.300. The number of benzene rings is 1.